The fourth-order valence-electron chi connectivity index (χ4n) is 3.48. The van der Waals surface area contributed by atoms with Crippen molar-refractivity contribution in [3.8, 4) is 5.75 Å². The number of piperazine rings is 1. The molecule has 1 saturated heterocycles. The average molecular weight is 373 g/mol. The molecule has 2 aliphatic rings. The van der Waals surface area contributed by atoms with Gasteiger partial charge in [0, 0.05) is 39.1 Å². The minimum absolute atomic E-state index is 0.306. The third kappa shape index (κ3) is 3.12. The molecule has 0 bridgehead atoms. The molecule has 0 unspecified atom stereocenters. The highest BCUT2D eigenvalue weighted by Gasteiger charge is 2.31. The smallest absolute Gasteiger partial charge is 0.264 e. The van der Waals surface area contributed by atoms with Crippen molar-refractivity contribution in [3.05, 3.63) is 48.5 Å². The molecule has 0 radical (unpaired) electrons. The van der Waals surface area contributed by atoms with Gasteiger partial charge in [-0.05, 0) is 24.3 Å². The molecule has 2 heterocycles. The standard InChI is InChI=1S/C19H23N3O3S/c23-26(24,16-6-2-1-3-7-16)22-12-5-15-25-19-17(8-4-9-18(19)22)21-13-10-20-11-14-21/h1-4,6-9,20H,5,10-15H2. The van der Waals surface area contributed by atoms with E-state index in [2.05, 4.69) is 10.2 Å². The summed E-state index contributed by atoms with van der Waals surface area (Å²) in [6.45, 7) is 4.51. The van der Waals surface area contributed by atoms with Gasteiger partial charge in [0.1, 0.15) is 0 Å². The molecule has 1 N–H and O–H groups in total. The van der Waals surface area contributed by atoms with Gasteiger partial charge in [0.05, 0.1) is 22.9 Å². The number of rotatable bonds is 3. The summed E-state index contributed by atoms with van der Waals surface area (Å²) in [7, 11) is -3.62. The van der Waals surface area contributed by atoms with E-state index in [1.165, 1.54) is 4.31 Å². The highest BCUT2D eigenvalue weighted by atomic mass is 32.2. The largest absolute Gasteiger partial charge is 0.489 e. The van der Waals surface area contributed by atoms with Crippen LogP contribution >= 0.6 is 0 Å². The maximum absolute atomic E-state index is 13.2. The van der Waals surface area contributed by atoms with E-state index < -0.39 is 10.0 Å². The normalized spacial score (nSPS) is 18.0. The number of nitrogens with zero attached hydrogens (tertiary/aromatic N) is 2. The van der Waals surface area contributed by atoms with Crippen molar-refractivity contribution in [1.82, 2.24) is 5.32 Å². The molecule has 0 amide bonds. The monoisotopic (exact) mass is 373 g/mol. The van der Waals surface area contributed by atoms with Crippen molar-refractivity contribution < 1.29 is 13.2 Å². The third-order valence-electron chi connectivity index (χ3n) is 4.78. The van der Waals surface area contributed by atoms with Crippen LogP contribution in [0.25, 0.3) is 0 Å². The fraction of sp³-hybridized carbons (Fsp3) is 0.368. The van der Waals surface area contributed by atoms with Gasteiger partial charge in [-0.25, -0.2) is 8.42 Å². The summed E-state index contributed by atoms with van der Waals surface area (Å²) in [5, 5.41) is 3.34. The Balaban J connectivity index is 1.78. The Hall–Kier alpha value is -2.25. The second-order valence-electron chi connectivity index (χ2n) is 6.45. The van der Waals surface area contributed by atoms with Crippen LogP contribution in [0.2, 0.25) is 0 Å². The minimum Gasteiger partial charge on any atom is -0.489 e. The van der Waals surface area contributed by atoms with Crippen LogP contribution < -0.4 is 19.3 Å². The van der Waals surface area contributed by atoms with E-state index in [0.717, 1.165) is 31.9 Å². The maximum atomic E-state index is 13.2. The SMILES string of the molecule is O=S(=O)(c1ccccc1)N1CCCOc2c(N3CCNCC3)cccc21. The van der Waals surface area contributed by atoms with Crippen molar-refractivity contribution in [2.45, 2.75) is 11.3 Å². The molecule has 4 rings (SSSR count). The molecular weight excluding hydrogens is 350 g/mol. The predicted molar refractivity (Wildman–Crippen MR) is 103 cm³/mol. The summed E-state index contributed by atoms with van der Waals surface area (Å²) in [6.07, 6.45) is 0.655. The number of anilines is 2. The molecule has 138 valence electrons. The first-order valence-electron chi connectivity index (χ1n) is 8.97. The molecule has 7 heteroatoms. The lowest BCUT2D eigenvalue weighted by Crippen LogP contribution is -2.43. The zero-order chi connectivity index (χ0) is 18.0. The Bertz CT molecular complexity index is 865. The molecule has 0 atom stereocenters. The highest BCUT2D eigenvalue weighted by Crippen LogP contribution is 2.41. The number of para-hydroxylation sites is 1. The van der Waals surface area contributed by atoms with E-state index in [1.807, 2.05) is 24.3 Å². The maximum Gasteiger partial charge on any atom is 0.264 e. The van der Waals surface area contributed by atoms with E-state index in [-0.39, 0.29) is 0 Å². The summed E-state index contributed by atoms with van der Waals surface area (Å²) in [4.78, 5) is 2.56. The van der Waals surface area contributed by atoms with Gasteiger partial charge < -0.3 is 15.0 Å². The molecule has 0 saturated carbocycles. The van der Waals surface area contributed by atoms with Crippen molar-refractivity contribution >= 4 is 21.4 Å². The lowest BCUT2D eigenvalue weighted by atomic mass is 10.2. The van der Waals surface area contributed by atoms with E-state index in [0.29, 0.717) is 35.9 Å². The van der Waals surface area contributed by atoms with Crippen LogP contribution in [0.15, 0.2) is 53.4 Å². The van der Waals surface area contributed by atoms with Crippen LogP contribution in [0.4, 0.5) is 11.4 Å². The van der Waals surface area contributed by atoms with E-state index in [1.54, 1.807) is 24.3 Å². The van der Waals surface area contributed by atoms with Crippen LogP contribution in [0.5, 0.6) is 5.75 Å². The Morgan fingerprint density at radius 2 is 1.62 bits per heavy atom. The molecule has 1 fully saturated rings. The van der Waals surface area contributed by atoms with E-state index in [4.69, 9.17) is 4.74 Å². The van der Waals surface area contributed by atoms with Crippen LogP contribution in [-0.4, -0.2) is 47.7 Å². The van der Waals surface area contributed by atoms with Crippen molar-refractivity contribution in [2.75, 3.05) is 48.5 Å². The molecule has 2 aromatic carbocycles. The van der Waals surface area contributed by atoms with Gasteiger partial charge in [-0.2, -0.15) is 0 Å². The number of hydrogen-bond acceptors (Lipinski definition) is 5. The van der Waals surface area contributed by atoms with Gasteiger partial charge >= 0.3 is 0 Å². The number of sulfonamides is 1. The molecular formula is C19H23N3O3S. The number of ether oxygens (including phenoxy) is 1. The van der Waals surface area contributed by atoms with Crippen LogP contribution in [0.1, 0.15) is 6.42 Å². The van der Waals surface area contributed by atoms with Gasteiger partial charge in [-0.15, -0.1) is 0 Å². The van der Waals surface area contributed by atoms with Crippen molar-refractivity contribution in [1.29, 1.82) is 0 Å². The number of hydrogen-bond donors (Lipinski definition) is 1. The quantitative estimate of drug-likeness (QED) is 0.893. The molecule has 0 spiro atoms. The zero-order valence-corrected chi connectivity index (χ0v) is 15.4. The molecule has 6 nitrogen and oxygen atoms in total. The molecule has 0 aromatic heterocycles. The summed E-state index contributed by atoms with van der Waals surface area (Å²) < 4.78 is 34.0. The third-order valence-corrected chi connectivity index (χ3v) is 6.61. The Morgan fingerprint density at radius 1 is 0.885 bits per heavy atom. The first-order chi connectivity index (χ1) is 12.7. The van der Waals surface area contributed by atoms with Gasteiger partial charge in [0.2, 0.25) is 0 Å². The van der Waals surface area contributed by atoms with E-state index in [9.17, 15) is 8.42 Å². The molecule has 26 heavy (non-hydrogen) atoms. The summed E-state index contributed by atoms with van der Waals surface area (Å²) in [5.74, 6) is 0.673. The van der Waals surface area contributed by atoms with Crippen LogP contribution in [0, 0.1) is 0 Å². The molecule has 2 aliphatic heterocycles. The van der Waals surface area contributed by atoms with Crippen LogP contribution in [-0.2, 0) is 10.0 Å². The zero-order valence-electron chi connectivity index (χ0n) is 14.6. The first kappa shape index (κ1) is 17.2. The average Bonchev–Trinajstić information content (AvgIpc) is 2.92. The van der Waals surface area contributed by atoms with Crippen molar-refractivity contribution in [2.24, 2.45) is 0 Å². The van der Waals surface area contributed by atoms with Crippen molar-refractivity contribution in [3.63, 3.8) is 0 Å². The Morgan fingerprint density at radius 3 is 2.38 bits per heavy atom. The molecule has 0 aliphatic carbocycles. The Labute approximate surface area is 154 Å². The van der Waals surface area contributed by atoms with Gasteiger partial charge in [0.15, 0.2) is 5.75 Å². The van der Waals surface area contributed by atoms with Crippen LogP contribution in [0.3, 0.4) is 0 Å². The minimum atomic E-state index is -3.62. The Kier molecular flexibility index (Phi) is 4.74. The van der Waals surface area contributed by atoms with Gasteiger partial charge in [0.25, 0.3) is 10.0 Å². The van der Waals surface area contributed by atoms with Gasteiger partial charge in [-0.3, -0.25) is 4.31 Å². The fourth-order valence-corrected chi connectivity index (χ4v) is 5.01. The van der Waals surface area contributed by atoms with Gasteiger partial charge in [-0.1, -0.05) is 24.3 Å². The lowest BCUT2D eigenvalue weighted by Gasteiger charge is -2.32. The second kappa shape index (κ2) is 7.17. The number of nitrogens with one attached hydrogen (secondary N) is 1. The topological polar surface area (TPSA) is 61.9 Å². The van der Waals surface area contributed by atoms with E-state index >= 15 is 0 Å². The highest BCUT2D eigenvalue weighted by molar-refractivity contribution is 7.92. The number of fused-ring (bicyclic) bond motifs is 1. The first-order valence-corrected chi connectivity index (χ1v) is 10.4. The predicted octanol–water partition coefficient (Wildman–Crippen LogP) is 2.07. The summed E-state index contributed by atoms with van der Waals surface area (Å²) >= 11 is 0. The lowest BCUT2D eigenvalue weighted by molar-refractivity contribution is 0.322. The second-order valence-corrected chi connectivity index (χ2v) is 8.32. The summed E-state index contributed by atoms with van der Waals surface area (Å²) in [5.41, 5.74) is 1.60. The summed E-state index contributed by atoms with van der Waals surface area (Å²) in [6, 6.07) is 14.4. The molecule has 2 aromatic rings. The number of benzene rings is 2.